The lowest BCUT2D eigenvalue weighted by Crippen LogP contribution is -2.24. The average Bonchev–Trinajstić information content (AvgIpc) is 2.49. The fraction of sp³-hybridized carbons (Fsp3) is 0.250. The van der Waals surface area contributed by atoms with Crippen molar-refractivity contribution in [1.82, 2.24) is 5.48 Å². The van der Waals surface area contributed by atoms with Crippen LogP contribution in [0, 0.1) is 0 Å². The molecule has 1 atom stereocenters. The Bertz CT molecular complexity index is 529. The molecule has 0 aliphatic carbocycles. The molecule has 0 saturated carbocycles. The first kappa shape index (κ1) is 12.7. The predicted octanol–water partition coefficient (Wildman–Crippen LogP) is 3.94. The van der Waals surface area contributed by atoms with E-state index in [4.69, 9.17) is 4.84 Å². The number of thioether (sulfide) groups is 1. The zero-order valence-electron chi connectivity index (χ0n) is 10.7. The van der Waals surface area contributed by atoms with E-state index in [2.05, 4.69) is 41.9 Å². The highest BCUT2D eigenvalue weighted by Gasteiger charge is 2.19. The summed E-state index contributed by atoms with van der Waals surface area (Å²) in [5.41, 5.74) is 5.75. The van der Waals surface area contributed by atoms with E-state index in [1.54, 1.807) is 0 Å². The summed E-state index contributed by atoms with van der Waals surface area (Å²) in [6.07, 6.45) is 1.11. The molecule has 2 nitrogen and oxygen atoms in total. The van der Waals surface area contributed by atoms with Gasteiger partial charge in [0.15, 0.2) is 0 Å². The van der Waals surface area contributed by atoms with Crippen molar-refractivity contribution in [3.8, 4) is 0 Å². The Morgan fingerprint density at radius 1 is 1.05 bits per heavy atom. The molecular formula is C16H17NOS. The van der Waals surface area contributed by atoms with E-state index in [0.29, 0.717) is 12.6 Å². The molecule has 3 rings (SSSR count). The number of hydroxylamine groups is 1. The smallest absolute Gasteiger partial charge is 0.0933 e. The van der Waals surface area contributed by atoms with Gasteiger partial charge < -0.3 is 0 Å². The maximum Gasteiger partial charge on any atom is 0.0933 e. The van der Waals surface area contributed by atoms with Gasteiger partial charge in [-0.05, 0) is 29.4 Å². The van der Waals surface area contributed by atoms with E-state index in [0.717, 1.165) is 12.2 Å². The number of rotatable bonds is 4. The Balaban J connectivity index is 1.59. The molecule has 0 saturated heterocycles. The maximum atomic E-state index is 5.66. The highest BCUT2D eigenvalue weighted by Crippen LogP contribution is 2.35. The number of hydrogen-bond acceptors (Lipinski definition) is 3. The summed E-state index contributed by atoms with van der Waals surface area (Å²) in [7, 11) is 0. The average molecular weight is 271 g/mol. The van der Waals surface area contributed by atoms with Crippen molar-refractivity contribution in [1.29, 1.82) is 0 Å². The van der Waals surface area contributed by atoms with Gasteiger partial charge in [-0.15, -0.1) is 11.8 Å². The number of fused-ring (bicyclic) bond motifs is 1. The Morgan fingerprint density at radius 2 is 1.84 bits per heavy atom. The molecule has 0 fully saturated rings. The number of hydrogen-bond donors (Lipinski definition) is 1. The quantitative estimate of drug-likeness (QED) is 0.851. The van der Waals surface area contributed by atoms with Gasteiger partial charge in [0.25, 0.3) is 0 Å². The van der Waals surface area contributed by atoms with Crippen LogP contribution < -0.4 is 5.48 Å². The van der Waals surface area contributed by atoms with Crippen LogP contribution in [0.1, 0.15) is 23.6 Å². The maximum absolute atomic E-state index is 5.66. The molecule has 0 spiro atoms. The van der Waals surface area contributed by atoms with Crippen molar-refractivity contribution in [2.75, 3.05) is 5.75 Å². The van der Waals surface area contributed by atoms with Gasteiger partial charge in [-0.25, -0.2) is 0 Å². The second kappa shape index (κ2) is 6.24. The lowest BCUT2D eigenvalue weighted by Gasteiger charge is -2.25. The van der Waals surface area contributed by atoms with Crippen molar-refractivity contribution in [3.05, 3.63) is 65.7 Å². The van der Waals surface area contributed by atoms with E-state index in [1.807, 2.05) is 30.0 Å². The molecule has 1 N–H and O–H groups in total. The lowest BCUT2D eigenvalue weighted by atomic mass is 10.1. The minimum absolute atomic E-state index is 0.307. The van der Waals surface area contributed by atoms with Crippen LogP contribution in [0.5, 0.6) is 0 Å². The molecule has 0 aromatic heterocycles. The predicted molar refractivity (Wildman–Crippen MR) is 78.9 cm³/mol. The lowest BCUT2D eigenvalue weighted by molar-refractivity contribution is 0.00136. The van der Waals surface area contributed by atoms with E-state index in [1.165, 1.54) is 16.0 Å². The summed E-state index contributed by atoms with van der Waals surface area (Å²) in [4.78, 5) is 7.03. The van der Waals surface area contributed by atoms with E-state index in [9.17, 15) is 0 Å². The summed E-state index contributed by atoms with van der Waals surface area (Å²) in [6, 6.07) is 19.1. The molecule has 0 radical (unpaired) electrons. The normalized spacial score (nSPS) is 18.0. The monoisotopic (exact) mass is 271 g/mol. The third-order valence-corrected chi connectivity index (χ3v) is 4.39. The van der Waals surface area contributed by atoms with Gasteiger partial charge >= 0.3 is 0 Å². The molecule has 19 heavy (non-hydrogen) atoms. The summed E-state index contributed by atoms with van der Waals surface area (Å²) in [5.74, 6) is 1.14. The van der Waals surface area contributed by atoms with Crippen LogP contribution in [-0.2, 0) is 11.4 Å². The van der Waals surface area contributed by atoms with E-state index >= 15 is 0 Å². The van der Waals surface area contributed by atoms with E-state index in [-0.39, 0.29) is 0 Å². The summed E-state index contributed by atoms with van der Waals surface area (Å²) in [5, 5.41) is 0. The van der Waals surface area contributed by atoms with Crippen LogP contribution in [-0.4, -0.2) is 5.75 Å². The van der Waals surface area contributed by atoms with Gasteiger partial charge in [0.2, 0.25) is 0 Å². The SMILES string of the molecule is c1ccc(CONC2CCSc3ccccc32)cc1. The Kier molecular flexibility index (Phi) is 4.18. The molecule has 3 heteroatoms. The molecule has 1 unspecified atom stereocenters. The van der Waals surface area contributed by atoms with Crippen LogP contribution in [0.15, 0.2) is 59.5 Å². The van der Waals surface area contributed by atoms with Crippen molar-refractivity contribution in [2.24, 2.45) is 0 Å². The second-order valence-corrected chi connectivity index (χ2v) is 5.76. The van der Waals surface area contributed by atoms with Gasteiger partial charge in [-0.1, -0.05) is 48.5 Å². The second-order valence-electron chi connectivity index (χ2n) is 4.62. The third kappa shape index (κ3) is 3.18. The first-order valence-electron chi connectivity index (χ1n) is 6.56. The molecular weight excluding hydrogens is 254 g/mol. The molecule has 0 bridgehead atoms. The Labute approximate surface area is 118 Å². The molecule has 98 valence electrons. The first-order valence-corrected chi connectivity index (χ1v) is 7.55. The number of nitrogens with one attached hydrogen (secondary N) is 1. The largest absolute Gasteiger partial charge is 0.296 e. The molecule has 2 aromatic rings. The van der Waals surface area contributed by atoms with Gasteiger partial charge in [0, 0.05) is 4.90 Å². The van der Waals surface area contributed by atoms with Crippen LogP contribution >= 0.6 is 11.8 Å². The third-order valence-electron chi connectivity index (χ3n) is 3.27. The summed E-state index contributed by atoms with van der Waals surface area (Å²) < 4.78 is 0. The van der Waals surface area contributed by atoms with Gasteiger partial charge in [0.1, 0.15) is 0 Å². The minimum atomic E-state index is 0.307. The van der Waals surface area contributed by atoms with Crippen molar-refractivity contribution in [2.45, 2.75) is 24.0 Å². The molecule has 1 aliphatic rings. The zero-order chi connectivity index (χ0) is 12.9. The fourth-order valence-electron chi connectivity index (χ4n) is 2.26. The fourth-order valence-corrected chi connectivity index (χ4v) is 3.39. The van der Waals surface area contributed by atoms with Crippen molar-refractivity contribution in [3.63, 3.8) is 0 Å². The Morgan fingerprint density at radius 3 is 2.74 bits per heavy atom. The summed E-state index contributed by atoms with van der Waals surface area (Å²) >= 11 is 1.93. The Hall–Kier alpha value is -1.29. The van der Waals surface area contributed by atoms with Crippen molar-refractivity contribution >= 4 is 11.8 Å². The topological polar surface area (TPSA) is 21.3 Å². The summed E-state index contributed by atoms with van der Waals surface area (Å²) in [6.45, 7) is 0.604. The minimum Gasteiger partial charge on any atom is -0.296 e. The standard InChI is InChI=1S/C16H17NOS/c1-2-6-13(7-3-1)12-18-17-15-10-11-19-16-9-5-4-8-14(15)16/h1-9,15,17H,10-12H2. The van der Waals surface area contributed by atoms with Gasteiger partial charge in [0.05, 0.1) is 12.6 Å². The molecule has 0 amide bonds. The highest BCUT2D eigenvalue weighted by atomic mass is 32.2. The zero-order valence-corrected chi connectivity index (χ0v) is 11.5. The van der Waals surface area contributed by atoms with E-state index < -0.39 is 0 Å². The van der Waals surface area contributed by atoms with Crippen LogP contribution in [0.2, 0.25) is 0 Å². The van der Waals surface area contributed by atoms with Crippen LogP contribution in [0.3, 0.4) is 0 Å². The molecule has 2 aromatic carbocycles. The van der Waals surface area contributed by atoms with Crippen molar-refractivity contribution < 1.29 is 4.84 Å². The van der Waals surface area contributed by atoms with Gasteiger partial charge in [-0.2, -0.15) is 5.48 Å². The molecule has 1 heterocycles. The highest BCUT2D eigenvalue weighted by molar-refractivity contribution is 7.99. The van der Waals surface area contributed by atoms with Crippen LogP contribution in [0.25, 0.3) is 0 Å². The van der Waals surface area contributed by atoms with Gasteiger partial charge in [-0.3, -0.25) is 4.84 Å². The number of benzene rings is 2. The molecule has 1 aliphatic heterocycles. The van der Waals surface area contributed by atoms with Crippen LogP contribution in [0.4, 0.5) is 0 Å². The first-order chi connectivity index (χ1) is 9.43.